The van der Waals surface area contributed by atoms with Crippen molar-refractivity contribution in [1.29, 1.82) is 0 Å². The lowest BCUT2D eigenvalue weighted by atomic mass is 9.46. The molecule has 0 aromatic heterocycles. The largest absolute Gasteiger partial charge is 0.458 e. The second kappa shape index (κ2) is 15.9. The number of aliphatic hydroxyl groups excluding tert-OH is 9. The smallest absolute Gasteiger partial charge is 0.334 e. The van der Waals surface area contributed by atoms with E-state index in [0.29, 0.717) is 36.2 Å². The Kier molecular flexibility index (Phi) is 12.0. The molecule has 15 nitrogen and oxygen atoms in total. The van der Waals surface area contributed by atoms with E-state index in [0.717, 1.165) is 43.3 Å². The Labute approximate surface area is 321 Å². The summed E-state index contributed by atoms with van der Waals surface area (Å²) < 4.78 is 29.0. The second-order valence-corrected chi connectivity index (χ2v) is 18.0. The molecule has 55 heavy (non-hydrogen) atoms. The number of esters is 1. The van der Waals surface area contributed by atoms with Crippen LogP contribution in [-0.2, 0) is 28.5 Å². The van der Waals surface area contributed by atoms with Crippen LogP contribution >= 0.6 is 0 Å². The molecule has 3 heterocycles. The quantitative estimate of drug-likeness (QED) is 0.109. The average Bonchev–Trinajstić information content (AvgIpc) is 3.52. The van der Waals surface area contributed by atoms with E-state index in [1.165, 1.54) is 0 Å². The number of fused-ring (bicyclic) bond motifs is 5. The third kappa shape index (κ3) is 7.06. The number of cyclic esters (lactones) is 1. The van der Waals surface area contributed by atoms with Gasteiger partial charge in [0.05, 0.1) is 32.0 Å². The zero-order valence-corrected chi connectivity index (χ0v) is 32.2. The molecule has 0 amide bonds. The first kappa shape index (κ1) is 41.6. The Morgan fingerprint density at radius 3 is 2.22 bits per heavy atom. The van der Waals surface area contributed by atoms with Gasteiger partial charge in [-0.1, -0.05) is 32.4 Å². The summed E-state index contributed by atoms with van der Waals surface area (Å²) in [6, 6.07) is 0. The molecule has 0 bridgehead atoms. The molecule has 2 saturated heterocycles. The standard InChI is InChI=1S/C40H62O15/c1-17-19(14-41)11-26(53-36(17)50)18(2)23-7-8-24-22-6-5-20-12-21(13-29(43)40(20,4)25(22)9-10-39(23,24)3)52-38-35(49)33(47)31(45)28(55-38)16-51-37-34(48)32(46)30(44)27(15-42)54-37/h5,18,21-35,37-38,41-49H,6-16H2,1-4H3/t18-,21-,22-,23+,24-,25-,26+,27-,28+,29-,30-,31+,32+,33-,34+,35+,37-,38+,39+,40-/m1/s1. The summed E-state index contributed by atoms with van der Waals surface area (Å²) in [6.07, 6.45) is -8.19. The lowest BCUT2D eigenvalue weighted by Gasteiger charge is -2.60. The van der Waals surface area contributed by atoms with Gasteiger partial charge < -0.3 is 69.6 Å². The SMILES string of the molecule is CC1=C(CO)C[C@@H]([C@H](C)[C@@H]2CC[C@@H]3[C@H]4CC=C5C[C@@H](O[C@H]6O[C@@H](CO[C@@H]7O[C@H](CO)[C@@H](O)[C@H](O)[C@@H]7O)[C@H](O)[C@@H](O)[C@@H]6O)C[C@@H](O)[C@@]5(C)[C@@H]4CC[C@]32C)OC1=O. The predicted molar refractivity (Wildman–Crippen MR) is 191 cm³/mol. The third-order valence-corrected chi connectivity index (χ3v) is 15.5. The number of rotatable bonds is 9. The highest BCUT2D eigenvalue weighted by Crippen LogP contribution is 2.67. The maximum Gasteiger partial charge on any atom is 0.334 e. The number of hydrogen-bond acceptors (Lipinski definition) is 15. The van der Waals surface area contributed by atoms with Gasteiger partial charge in [0.1, 0.15) is 54.9 Å². The number of ether oxygens (including phenoxy) is 5. The van der Waals surface area contributed by atoms with E-state index in [2.05, 4.69) is 26.8 Å². The number of allylic oxidation sites excluding steroid dienone is 1. The molecular formula is C40H62O15. The molecule has 0 unspecified atom stereocenters. The van der Waals surface area contributed by atoms with Crippen LogP contribution in [0.5, 0.6) is 0 Å². The summed E-state index contributed by atoms with van der Waals surface area (Å²) >= 11 is 0. The van der Waals surface area contributed by atoms with E-state index in [-0.39, 0.29) is 42.4 Å². The predicted octanol–water partition coefficient (Wildman–Crippen LogP) is -0.194. The summed E-state index contributed by atoms with van der Waals surface area (Å²) in [5, 5.41) is 94.2. The van der Waals surface area contributed by atoms with Crippen molar-refractivity contribution in [2.24, 2.45) is 40.4 Å². The first-order chi connectivity index (χ1) is 26.0. The molecule has 9 N–H and O–H groups in total. The zero-order valence-electron chi connectivity index (χ0n) is 32.2. The summed E-state index contributed by atoms with van der Waals surface area (Å²) in [5.74, 6) is 1.26. The van der Waals surface area contributed by atoms with Gasteiger partial charge in [-0.2, -0.15) is 0 Å². The summed E-state index contributed by atoms with van der Waals surface area (Å²) in [5.41, 5.74) is 1.96. The maximum atomic E-state index is 12.7. The monoisotopic (exact) mass is 782 g/mol. The van der Waals surface area contributed by atoms with Crippen molar-refractivity contribution < 1.29 is 74.4 Å². The van der Waals surface area contributed by atoms with Gasteiger partial charge in [0.15, 0.2) is 12.6 Å². The van der Waals surface area contributed by atoms with E-state index in [9.17, 15) is 50.8 Å². The average molecular weight is 783 g/mol. The Morgan fingerprint density at radius 2 is 1.53 bits per heavy atom. The molecule has 3 aliphatic heterocycles. The molecule has 7 rings (SSSR count). The van der Waals surface area contributed by atoms with Crippen LogP contribution in [0.15, 0.2) is 22.8 Å². The highest BCUT2D eigenvalue weighted by Gasteiger charge is 2.62. The number of aliphatic hydroxyl groups is 9. The number of hydrogen-bond donors (Lipinski definition) is 9. The fourth-order valence-electron chi connectivity index (χ4n) is 12.0. The van der Waals surface area contributed by atoms with Crippen molar-refractivity contribution in [2.75, 3.05) is 19.8 Å². The van der Waals surface area contributed by atoms with E-state index >= 15 is 0 Å². The molecule has 20 atom stereocenters. The van der Waals surface area contributed by atoms with Crippen LogP contribution in [0.4, 0.5) is 0 Å². The van der Waals surface area contributed by atoms with Gasteiger partial charge in [-0.3, -0.25) is 0 Å². The minimum absolute atomic E-state index is 0.0540. The molecule has 7 aliphatic rings. The van der Waals surface area contributed by atoms with Crippen molar-refractivity contribution >= 4 is 5.97 Å². The van der Waals surface area contributed by atoms with Gasteiger partial charge in [0.25, 0.3) is 0 Å². The minimum atomic E-state index is -1.68. The maximum absolute atomic E-state index is 12.7. The van der Waals surface area contributed by atoms with E-state index in [4.69, 9.17) is 23.7 Å². The fraction of sp³-hybridized carbons (Fsp3) is 0.875. The van der Waals surface area contributed by atoms with Crippen LogP contribution in [0, 0.1) is 40.4 Å². The van der Waals surface area contributed by atoms with E-state index < -0.39 is 92.2 Å². The Bertz CT molecular complexity index is 1470. The molecule has 3 saturated carbocycles. The second-order valence-electron chi connectivity index (χ2n) is 18.0. The molecule has 312 valence electrons. The summed E-state index contributed by atoms with van der Waals surface area (Å²) in [6.45, 7) is 7.25. The van der Waals surface area contributed by atoms with Gasteiger partial charge in [0.2, 0.25) is 0 Å². The molecule has 15 heteroatoms. The van der Waals surface area contributed by atoms with Crippen molar-refractivity contribution in [2.45, 2.75) is 159 Å². The molecular weight excluding hydrogens is 720 g/mol. The van der Waals surface area contributed by atoms with Crippen LogP contribution in [0.25, 0.3) is 0 Å². The normalized spacial score (nSPS) is 50.7. The third-order valence-electron chi connectivity index (χ3n) is 15.5. The zero-order chi connectivity index (χ0) is 39.7. The Morgan fingerprint density at radius 1 is 0.855 bits per heavy atom. The van der Waals surface area contributed by atoms with Gasteiger partial charge in [0, 0.05) is 23.8 Å². The summed E-state index contributed by atoms with van der Waals surface area (Å²) in [4.78, 5) is 12.7. The van der Waals surface area contributed by atoms with Gasteiger partial charge in [-0.15, -0.1) is 0 Å². The van der Waals surface area contributed by atoms with Gasteiger partial charge in [-0.25, -0.2) is 4.79 Å². The van der Waals surface area contributed by atoms with Crippen LogP contribution < -0.4 is 0 Å². The van der Waals surface area contributed by atoms with E-state index in [1.54, 1.807) is 6.92 Å². The molecule has 4 aliphatic carbocycles. The van der Waals surface area contributed by atoms with Gasteiger partial charge >= 0.3 is 5.97 Å². The molecule has 0 aromatic carbocycles. The minimum Gasteiger partial charge on any atom is -0.458 e. The van der Waals surface area contributed by atoms with Crippen molar-refractivity contribution in [3.8, 4) is 0 Å². The van der Waals surface area contributed by atoms with Crippen LogP contribution in [0.3, 0.4) is 0 Å². The molecule has 5 fully saturated rings. The lowest BCUT2D eigenvalue weighted by Crippen LogP contribution is -2.62. The first-order valence-corrected chi connectivity index (χ1v) is 20.2. The van der Waals surface area contributed by atoms with Crippen molar-refractivity contribution in [1.82, 2.24) is 0 Å². The van der Waals surface area contributed by atoms with Crippen LogP contribution in [0.2, 0.25) is 0 Å². The van der Waals surface area contributed by atoms with Crippen LogP contribution in [-0.4, -0.2) is 151 Å². The highest BCUT2D eigenvalue weighted by atomic mass is 16.7. The number of carbonyl (C=O) groups excluding carboxylic acids is 1. The molecule has 0 radical (unpaired) electrons. The molecule has 0 spiro atoms. The van der Waals surface area contributed by atoms with Crippen LogP contribution in [0.1, 0.15) is 79.1 Å². The number of carbonyl (C=O) groups is 1. The lowest BCUT2D eigenvalue weighted by molar-refractivity contribution is -0.337. The topological polar surface area (TPSA) is 245 Å². The Balaban J connectivity index is 1.00. The summed E-state index contributed by atoms with van der Waals surface area (Å²) in [7, 11) is 0. The molecule has 0 aromatic rings. The van der Waals surface area contributed by atoms with Gasteiger partial charge in [-0.05, 0) is 86.0 Å². The van der Waals surface area contributed by atoms with E-state index in [1.807, 2.05) is 0 Å². The first-order valence-electron chi connectivity index (χ1n) is 20.2. The highest BCUT2D eigenvalue weighted by molar-refractivity contribution is 5.89. The van der Waals surface area contributed by atoms with Crippen molar-refractivity contribution in [3.05, 3.63) is 22.8 Å². The Hall–Kier alpha value is -1.57. The fourth-order valence-corrected chi connectivity index (χ4v) is 12.0. The van der Waals surface area contributed by atoms with Crippen molar-refractivity contribution in [3.63, 3.8) is 0 Å².